The van der Waals surface area contributed by atoms with E-state index < -0.39 is 9.84 Å². The van der Waals surface area contributed by atoms with Crippen molar-refractivity contribution >= 4 is 16.1 Å². The first-order valence-electron chi connectivity index (χ1n) is 4.97. The summed E-state index contributed by atoms with van der Waals surface area (Å²) in [5.41, 5.74) is 0. The Labute approximate surface area is 85.1 Å². The fourth-order valence-corrected chi connectivity index (χ4v) is 3.56. The number of hydrogen-bond acceptors (Lipinski definition) is 3. The molecule has 0 amide bonds. The highest BCUT2D eigenvalue weighted by atomic mass is 32.2. The summed E-state index contributed by atoms with van der Waals surface area (Å²) in [5, 5.41) is -0.209. The Kier molecular flexibility index (Phi) is 4.32. The standard InChI is InChI=1S/C10H16O3S/c11-8-4-1-2-6-10-7-3-5-9-14(10,12)13/h1-2,8,10H,3-7,9H2/b2-1-. The molecule has 1 aliphatic heterocycles. The summed E-state index contributed by atoms with van der Waals surface area (Å²) < 4.78 is 23.1. The molecule has 1 rings (SSSR count). The van der Waals surface area contributed by atoms with Crippen molar-refractivity contribution in [2.45, 2.75) is 37.4 Å². The third-order valence-corrected chi connectivity index (χ3v) is 4.81. The van der Waals surface area contributed by atoms with Gasteiger partial charge in [-0.05, 0) is 19.3 Å². The van der Waals surface area contributed by atoms with E-state index in [0.29, 0.717) is 18.6 Å². The highest BCUT2D eigenvalue weighted by Crippen LogP contribution is 2.22. The van der Waals surface area contributed by atoms with E-state index in [0.717, 1.165) is 25.5 Å². The molecule has 1 atom stereocenters. The average Bonchev–Trinajstić information content (AvgIpc) is 2.14. The zero-order chi connectivity index (χ0) is 10.4. The molecule has 0 saturated carbocycles. The van der Waals surface area contributed by atoms with Crippen molar-refractivity contribution in [2.24, 2.45) is 0 Å². The van der Waals surface area contributed by atoms with Crippen LogP contribution in [0.5, 0.6) is 0 Å². The lowest BCUT2D eigenvalue weighted by Crippen LogP contribution is -2.27. The van der Waals surface area contributed by atoms with Crippen molar-refractivity contribution in [3.05, 3.63) is 12.2 Å². The first-order chi connectivity index (χ1) is 6.67. The zero-order valence-corrected chi connectivity index (χ0v) is 9.00. The Morgan fingerprint density at radius 1 is 1.21 bits per heavy atom. The molecule has 1 fully saturated rings. The molecule has 0 aromatic carbocycles. The summed E-state index contributed by atoms with van der Waals surface area (Å²) in [6.45, 7) is 0. The fraction of sp³-hybridized carbons (Fsp3) is 0.700. The highest BCUT2D eigenvalue weighted by Gasteiger charge is 2.27. The van der Waals surface area contributed by atoms with Crippen LogP contribution in [0, 0.1) is 0 Å². The number of carbonyl (C=O) groups is 1. The van der Waals surface area contributed by atoms with Crippen LogP contribution in [0.1, 0.15) is 32.1 Å². The predicted octanol–water partition coefficient (Wildman–Crippen LogP) is 1.49. The Morgan fingerprint density at radius 2 is 2.00 bits per heavy atom. The molecule has 3 nitrogen and oxygen atoms in total. The van der Waals surface area contributed by atoms with Gasteiger partial charge in [-0.15, -0.1) is 0 Å². The van der Waals surface area contributed by atoms with Gasteiger partial charge in [-0.3, -0.25) is 0 Å². The SMILES string of the molecule is O=CC/C=C\CC1CCCCS1(=O)=O. The van der Waals surface area contributed by atoms with Gasteiger partial charge in [0.2, 0.25) is 0 Å². The van der Waals surface area contributed by atoms with Crippen LogP contribution >= 0.6 is 0 Å². The lowest BCUT2D eigenvalue weighted by Gasteiger charge is -2.20. The maximum absolute atomic E-state index is 11.5. The molecule has 80 valence electrons. The van der Waals surface area contributed by atoms with Crippen LogP contribution < -0.4 is 0 Å². The first-order valence-corrected chi connectivity index (χ1v) is 6.68. The molecular formula is C10H16O3S. The van der Waals surface area contributed by atoms with Gasteiger partial charge in [0.1, 0.15) is 6.29 Å². The minimum Gasteiger partial charge on any atom is -0.303 e. The zero-order valence-electron chi connectivity index (χ0n) is 8.19. The molecule has 14 heavy (non-hydrogen) atoms. The molecule has 4 heteroatoms. The lowest BCUT2D eigenvalue weighted by molar-refractivity contribution is -0.107. The van der Waals surface area contributed by atoms with E-state index in [2.05, 4.69) is 0 Å². The van der Waals surface area contributed by atoms with Crippen molar-refractivity contribution in [3.63, 3.8) is 0 Å². The van der Waals surface area contributed by atoms with Gasteiger partial charge < -0.3 is 4.79 Å². The Bertz CT molecular complexity index is 303. The largest absolute Gasteiger partial charge is 0.303 e. The number of carbonyl (C=O) groups excluding carboxylic acids is 1. The number of allylic oxidation sites excluding steroid dienone is 2. The minimum absolute atomic E-state index is 0.209. The highest BCUT2D eigenvalue weighted by molar-refractivity contribution is 7.92. The molecule has 0 spiro atoms. The molecule has 0 aromatic rings. The van der Waals surface area contributed by atoms with Crippen molar-refractivity contribution in [1.82, 2.24) is 0 Å². The third-order valence-electron chi connectivity index (χ3n) is 2.51. The first kappa shape index (κ1) is 11.4. The minimum atomic E-state index is -2.85. The van der Waals surface area contributed by atoms with Gasteiger partial charge in [-0.25, -0.2) is 8.42 Å². The summed E-state index contributed by atoms with van der Waals surface area (Å²) in [7, 11) is -2.85. The second-order valence-corrected chi connectivity index (χ2v) is 5.99. The average molecular weight is 216 g/mol. The van der Waals surface area contributed by atoms with E-state index in [1.54, 1.807) is 6.08 Å². The molecule has 1 aliphatic rings. The van der Waals surface area contributed by atoms with Gasteiger partial charge >= 0.3 is 0 Å². The summed E-state index contributed by atoms with van der Waals surface area (Å²) in [6.07, 6.45) is 7.88. The fourth-order valence-electron chi connectivity index (χ4n) is 1.69. The van der Waals surface area contributed by atoms with E-state index in [-0.39, 0.29) is 5.25 Å². The summed E-state index contributed by atoms with van der Waals surface area (Å²) in [6, 6.07) is 0. The number of rotatable bonds is 4. The summed E-state index contributed by atoms with van der Waals surface area (Å²) in [5.74, 6) is 0.333. The third kappa shape index (κ3) is 3.25. The molecule has 0 bridgehead atoms. The van der Waals surface area contributed by atoms with Crippen LogP contribution in [0.2, 0.25) is 0 Å². The number of aldehydes is 1. The normalized spacial score (nSPS) is 26.4. The van der Waals surface area contributed by atoms with Gasteiger partial charge in [-0.2, -0.15) is 0 Å². The summed E-state index contributed by atoms with van der Waals surface area (Å²) in [4.78, 5) is 10.0. The summed E-state index contributed by atoms with van der Waals surface area (Å²) >= 11 is 0. The van der Waals surface area contributed by atoms with Crippen molar-refractivity contribution < 1.29 is 13.2 Å². The van der Waals surface area contributed by atoms with E-state index in [1.807, 2.05) is 6.08 Å². The van der Waals surface area contributed by atoms with Crippen LogP contribution in [-0.4, -0.2) is 25.7 Å². The maximum atomic E-state index is 11.5. The molecule has 0 N–H and O–H groups in total. The van der Waals surface area contributed by atoms with Crippen LogP contribution in [0.25, 0.3) is 0 Å². The van der Waals surface area contributed by atoms with Crippen LogP contribution in [0.4, 0.5) is 0 Å². The van der Waals surface area contributed by atoms with E-state index in [9.17, 15) is 13.2 Å². The molecular weight excluding hydrogens is 200 g/mol. The smallest absolute Gasteiger partial charge is 0.153 e. The second-order valence-electron chi connectivity index (χ2n) is 3.59. The van der Waals surface area contributed by atoms with Crippen molar-refractivity contribution in [2.75, 3.05) is 5.75 Å². The monoisotopic (exact) mass is 216 g/mol. The molecule has 0 radical (unpaired) electrons. The van der Waals surface area contributed by atoms with Crippen molar-refractivity contribution in [1.29, 1.82) is 0 Å². The maximum Gasteiger partial charge on any atom is 0.153 e. The molecule has 1 saturated heterocycles. The van der Waals surface area contributed by atoms with Crippen LogP contribution in [-0.2, 0) is 14.6 Å². The lowest BCUT2D eigenvalue weighted by atomic mass is 10.1. The van der Waals surface area contributed by atoms with Gasteiger partial charge in [0.25, 0.3) is 0 Å². The van der Waals surface area contributed by atoms with E-state index in [4.69, 9.17) is 0 Å². The van der Waals surface area contributed by atoms with Gasteiger partial charge in [0.05, 0.1) is 11.0 Å². The van der Waals surface area contributed by atoms with Crippen LogP contribution in [0.3, 0.4) is 0 Å². The molecule has 1 heterocycles. The molecule has 0 aliphatic carbocycles. The van der Waals surface area contributed by atoms with Crippen LogP contribution in [0.15, 0.2) is 12.2 Å². The Hall–Kier alpha value is -0.640. The van der Waals surface area contributed by atoms with E-state index in [1.165, 1.54) is 0 Å². The van der Waals surface area contributed by atoms with Gasteiger partial charge in [0.15, 0.2) is 9.84 Å². The van der Waals surface area contributed by atoms with E-state index >= 15 is 0 Å². The topological polar surface area (TPSA) is 51.2 Å². The number of sulfone groups is 1. The Morgan fingerprint density at radius 3 is 2.64 bits per heavy atom. The molecule has 1 unspecified atom stereocenters. The van der Waals surface area contributed by atoms with Gasteiger partial charge in [0, 0.05) is 6.42 Å². The Balaban J connectivity index is 2.46. The van der Waals surface area contributed by atoms with Crippen molar-refractivity contribution in [3.8, 4) is 0 Å². The molecule has 0 aromatic heterocycles. The number of hydrogen-bond donors (Lipinski definition) is 0. The quantitative estimate of drug-likeness (QED) is 0.528. The predicted molar refractivity (Wildman–Crippen MR) is 55.9 cm³/mol. The second kappa shape index (κ2) is 5.29. The van der Waals surface area contributed by atoms with Gasteiger partial charge in [-0.1, -0.05) is 18.6 Å².